The zero-order chi connectivity index (χ0) is 26.9. The molecule has 3 rings (SSSR count). The molecule has 0 spiro atoms. The van der Waals surface area contributed by atoms with Gasteiger partial charge in [0.15, 0.2) is 0 Å². The van der Waals surface area contributed by atoms with Crippen LogP contribution in [0.15, 0.2) is 46.9 Å². The lowest BCUT2D eigenvalue weighted by Gasteiger charge is -2.21. The summed E-state index contributed by atoms with van der Waals surface area (Å²) in [5.74, 6) is -5.99. The molecule has 12 heteroatoms. The van der Waals surface area contributed by atoms with Gasteiger partial charge in [0, 0.05) is 11.4 Å². The highest BCUT2D eigenvalue weighted by molar-refractivity contribution is 9.10. The number of allylic oxidation sites excluding steroid dienone is 1. The fourth-order valence-corrected chi connectivity index (χ4v) is 4.36. The van der Waals surface area contributed by atoms with E-state index in [4.69, 9.17) is 23.2 Å². The molecule has 1 unspecified atom stereocenters. The monoisotopic (exact) mass is 612 g/mol. The Bertz CT molecular complexity index is 1190. The summed E-state index contributed by atoms with van der Waals surface area (Å²) < 4.78 is 66.1. The fraction of sp³-hybridized carbons (Fsp3) is 0.333. The van der Waals surface area contributed by atoms with Gasteiger partial charge in [0.2, 0.25) is 5.91 Å². The highest BCUT2D eigenvalue weighted by atomic mass is 79.9. The summed E-state index contributed by atoms with van der Waals surface area (Å²) in [4.78, 5) is 24.8. The van der Waals surface area contributed by atoms with Crippen LogP contribution in [0, 0.1) is 0 Å². The quantitative estimate of drug-likeness (QED) is 0.311. The van der Waals surface area contributed by atoms with E-state index in [0.717, 1.165) is 6.92 Å². The van der Waals surface area contributed by atoms with Gasteiger partial charge in [-0.3, -0.25) is 9.59 Å². The van der Waals surface area contributed by atoms with Crippen molar-refractivity contribution in [2.24, 2.45) is 0 Å². The Morgan fingerprint density at radius 1 is 1.08 bits per heavy atom. The second-order valence-electron chi connectivity index (χ2n) is 8.54. The third-order valence-electron chi connectivity index (χ3n) is 5.55. The van der Waals surface area contributed by atoms with Crippen molar-refractivity contribution >= 4 is 57.0 Å². The Kier molecular flexibility index (Phi) is 8.42. The molecular weight excluding hydrogens is 594 g/mol. The largest absolute Gasteiger partial charge is 0.405 e. The Balaban J connectivity index is 1.74. The normalized spacial score (nSPS) is 16.0. The lowest BCUT2D eigenvalue weighted by molar-refractivity contribution is -0.140. The number of amides is 2. The predicted octanol–water partition coefficient (Wildman–Crippen LogP) is 7.15. The van der Waals surface area contributed by atoms with Crippen LogP contribution < -0.4 is 10.6 Å². The van der Waals surface area contributed by atoms with Crippen LogP contribution in [0.5, 0.6) is 0 Å². The summed E-state index contributed by atoms with van der Waals surface area (Å²) in [5, 5.41) is 4.67. The number of benzene rings is 2. The average molecular weight is 614 g/mol. The molecule has 1 saturated carbocycles. The van der Waals surface area contributed by atoms with Crippen LogP contribution in [-0.4, -0.2) is 36.0 Å². The van der Waals surface area contributed by atoms with Crippen molar-refractivity contribution in [2.45, 2.75) is 43.3 Å². The third-order valence-corrected chi connectivity index (χ3v) is 6.95. The molecule has 2 amide bonds. The molecule has 194 valence electrons. The summed E-state index contributed by atoms with van der Waals surface area (Å²) in [6.07, 6.45) is -1.37. The molecule has 2 aromatic carbocycles. The first-order chi connectivity index (χ1) is 16.6. The maximum atomic E-state index is 14.3. The van der Waals surface area contributed by atoms with Crippen molar-refractivity contribution in [1.29, 1.82) is 0 Å². The smallest absolute Gasteiger partial charge is 0.345 e. The molecule has 0 radical (unpaired) electrons. The summed E-state index contributed by atoms with van der Waals surface area (Å²) in [7, 11) is 0. The van der Waals surface area contributed by atoms with Crippen molar-refractivity contribution in [3.8, 4) is 0 Å². The first kappa shape index (κ1) is 28.4. The minimum absolute atomic E-state index is 0.129. The van der Waals surface area contributed by atoms with E-state index in [9.17, 15) is 31.5 Å². The van der Waals surface area contributed by atoms with Crippen LogP contribution in [0.25, 0.3) is 6.08 Å². The zero-order valence-electron chi connectivity index (χ0n) is 18.7. The van der Waals surface area contributed by atoms with Crippen molar-refractivity contribution in [1.82, 2.24) is 10.6 Å². The van der Waals surface area contributed by atoms with E-state index in [1.807, 2.05) is 0 Å². The molecular formula is C24H20BrCl2F5N2O2. The van der Waals surface area contributed by atoms with Crippen LogP contribution in [0.4, 0.5) is 22.0 Å². The van der Waals surface area contributed by atoms with Gasteiger partial charge in [-0.1, -0.05) is 47.5 Å². The number of hydrogen-bond donors (Lipinski definition) is 2. The molecule has 36 heavy (non-hydrogen) atoms. The van der Waals surface area contributed by atoms with Gasteiger partial charge in [-0.05, 0) is 64.2 Å². The maximum absolute atomic E-state index is 14.3. The number of hydrogen-bond acceptors (Lipinski definition) is 2. The summed E-state index contributed by atoms with van der Waals surface area (Å²) in [5.41, 5.74) is -0.498. The molecule has 0 saturated heterocycles. The van der Waals surface area contributed by atoms with Crippen LogP contribution in [0.3, 0.4) is 0 Å². The van der Waals surface area contributed by atoms with E-state index in [1.165, 1.54) is 48.6 Å². The Morgan fingerprint density at radius 2 is 1.75 bits per heavy atom. The number of alkyl halides is 5. The molecule has 1 atom stereocenters. The number of carbonyl (C=O) groups excluding carboxylic acids is 2. The van der Waals surface area contributed by atoms with Crippen molar-refractivity contribution < 1.29 is 31.5 Å². The van der Waals surface area contributed by atoms with Crippen molar-refractivity contribution in [3.63, 3.8) is 0 Å². The van der Waals surface area contributed by atoms with Gasteiger partial charge < -0.3 is 10.6 Å². The number of nitrogens with one attached hydrogen (secondary N) is 2. The highest BCUT2D eigenvalue weighted by Gasteiger charge is 2.52. The molecule has 0 aliphatic heterocycles. The Labute approximate surface area is 222 Å². The van der Waals surface area contributed by atoms with Crippen molar-refractivity contribution in [3.05, 3.63) is 73.7 Å². The molecule has 0 bridgehead atoms. The second-order valence-corrected chi connectivity index (χ2v) is 10.2. The first-order valence-electron chi connectivity index (χ1n) is 10.6. The Morgan fingerprint density at radius 3 is 2.28 bits per heavy atom. The van der Waals surface area contributed by atoms with E-state index in [1.54, 1.807) is 5.32 Å². The molecule has 2 N–H and O–H groups in total. The summed E-state index contributed by atoms with van der Waals surface area (Å²) in [6, 6.07) is 8.72. The molecule has 2 aromatic rings. The van der Waals surface area contributed by atoms with E-state index < -0.39 is 41.9 Å². The molecule has 1 aliphatic carbocycles. The van der Waals surface area contributed by atoms with Crippen LogP contribution >= 0.6 is 39.1 Å². The number of carbonyl (C=O) groups is 2. The fourth-order valence-electron chi connectivity index (χ4n) is 3.47. The van der Waals surface area contributed by atoms with Crippen LogP contribution in [-0.2, 0) is 4.79 Å². The highest BCUT2D eigenvalue weighted by Crippen LogP contribution is 2.38. The van der Waals surface area contributed by atoms with Gasteiger partial charge in [0.1, 0.15) is 12.1 Å². The molecule has 1 aliphatic rings. The first-order valence-corrected chi connectivity index (χ1v) is 12.1. The Hall–Kier alpha value is -2.17. The minimum atomic E-state index is -4.57. The van der Waals surface area contributed by atoms with Gasteiger partial charge in [0.25, 0.3) is 11.8 Å². The lowest BCUT2D eigenvalue weighted by Crippen LogP contribution is -2.50. The molecule has 4 nitrogen and oxygen atoms in total. The zero-order valence-corrected chi connectivity index (χ0v) is 21.8. The van der Waals surface area contributed by atoms with Gasteiger partial charge in [-0.25, -0.2) is 8.78 Å². The SMILES string of the molecule is CC(F)(F)C(/C=C/c1ccc(C(=O)NC2(C(=O)NCC(F)(F)F)CC2)c(Br)c1)c1ccc(Cl)c(Cl)c1. The van der Waals surface area contributed by atoms with Gasteiger partial charge >= 0.3 is 6.18 Å². The summed E-state index contributed by atoms with van der Waals surface area (Å²) >= 11 is 15.1. The number of halogens is 8. The molecule has 0 heterocycles. The second kappa shape index (κ2) is 10.7. The third kappa shape index (κ3) is 7.20. The van der Waals surface area contributed by atoms with E-state index in [-0.39, 0.29) is 34.0 Å². The van der Waals surface area contributed by atoms with Crippen LogP contribution in [0.1, 0.15) is 47.2 Å². The minimum Gasteiger partial charge on any atom is -0.345 e. The topological polar surface area (TPSA) is 58.2 Å². The van der Waals surface area contributed by atoms with Gasteiger partial charge in [-0.15, -0.1) is 0 Å². The summed E-state index contributed by atoms with van der Waals surface area (Å²) in [6.45, 7) is -0.708. The average Bonchev–Trinajstić information content (AvgIpc) is 3.53. The van der Waals surface area contributed by atoms with E-state index in [0.29, 0.717) is 10.0 Å². The standard InChI is InChI=1S/C24H20BrCl2F5N2O2/c1-22(28,29)16(14-4-7-18(26)19(27)11-14)6-3-13-2-5-15(17(25)10-13)20(35)34-23(8-9-23)21(36)33-12-24(30,31)32/h2-7,10-11,16H,8-9,12H2,1H3,(H,33,36)(H,34,35)/b6-3+. The van der Waals surface area contributed by atoms with E-state index in [2.05, 4.69) is 21.2 Å². The number of rotatable bonds is 8. The molecule has 0 aromatic heterocycles. The van der Waals surface area contributed by atoms with Gasteiger partial charge in [0.05, 0.1) is 21.5 Å². The lowest BCUT2D eigenvalue weighted by atomic mass is 9.92. The van der Waals surface area contributed by atoms with Gasteiger partial charge in [-0.2, -0.15) is 13.2 Å². The predicted molar refractivity (Wildman–Crippen MR) is 131 cm³/mol. The molecule has 1 fully saturated rings. The maximum Gasteiger partial charge on any atom is 0.405 e. The van der Waals surface area contributed by atoms with E-state index >= 15 is 0 Å². The van der Waals surface area contributed by atoms with Crippen LogP contribution in [0.2, 0.25) is 10.0 Å². The van der Waals surface area contributed by atoms with Crippen molar-refractivity contribution in [2.75, 3.05) is 6.54 Å².